The number of amides is 2. The van der Waals surface area contributed by atoms with Gasteiger partial charge in [-0.25, -0.2) is 9.80 Å². The molecule has 1 atom stereocenters. The number of rotatable bonds is 3. The van der Waals surface area contributed by atoms with Gasteiger partial charge in [0.1, 0.15) is 11.9 Å². The number of likely N-dealkylation sites (tertiary alicyclic amines) is 1. The predicted octanol–water partition coefficient (Wildman–Crippen LogP) is 3.96. The second-order valence-corrected chi connectivity index (χ2v) is 6.62. The summed E-state index contributed by atoms with van der Waals surface area (Å²) >= 11 is 5.87. The first-order valence-corrected chi connectivity index (χ1v) is 8.66. The molecule has 2 aliphatic rings. The topological polar surface area (TPSA) is 45.1 Å². The maximum absolute atomic E-state index is 12.7. The summed E-state index contributed by atoms with van der Waals surface area (Å²) in [5.41, 5.74) is 1.10. The van der Waals surface area contributed by atoms with E-state index in [9.17, 15) is 4.79 Å². The molecule has 2 aromatic carbocycles. The molecule has 1 saturated heterocycles. The third-order valence-electron chi connectivity index (χ3n) is 4.45. The standard InChI is InChI=1S/C19H18ClN3O2/c20-15-6-8-16(9-7-15)25-17-12-22(13-17)19(24)23-18(10-11-21-23)14-4-2-1-3-5-14/h1-9,11,17-18H,10,12-13H2. The van der Waals surface area contributed by atoms with Crippen molar-refractivity contribution in [1.29, 1.82) is 0 Å². The number of nitrogens with zero attached hydrogens (tertiary/aromatic N) is 3. The van der Waals surface area contributed by atoms with Gasteiger partial charge in [-0.05, 0) is 29.8 Å². The van der Waals surface area contributed by atoms with E-state index < -0.39 is 0 Å². The summed E-state index contributed by atoms with van der Waals surface area (Å²) in [6.45, 7) is 1.13. The number of hydrazone groups is 1. The van der Waals surface area contributed by atoms with E-state index in [4.69, 9.17) is 16.3 Å². The molecule has 2 heterocycles. The van der Waals surface area contributed by atoms with E-state index >= 15 is 0 Å². The summed E-state index contributed by atoms with van der Waals surface area (Å²) in [5, 5.41) is 6.53. The first-order valence-electron chi connectivity index (χ1n) is 8.28. The lowest BCUT2D eigenvalue weighted by molar-refractivity contribution is 0.0277. The van der Waals surface area contributed by atoms with Crippen LogP contribution >= 0.6 is 11.6 Å². The second-order valence-electron chi connectivity index (χ2n) is 6.19. The smallest absolute Gasteiger partial charge is 0.341 e. The van der Waals surface area contributed by atoms with Crippen LogP contribution in [0.25, 0.3) is 0 Å². The Labute approximate surface area is 151 Å². The molecule has 0 saturated carbocycles. The molecule has 0 aliphatic carbocycles. The predicted molar refractivity (Wildman–Crippen MR) is 97.0 cm³/mol. The van der Waals surface area contributed by atoms with E-state index in [0.717, 1.165) is 17.7 Å². The summed E-state index contributed by atoms with van der Waals surface area (Å²) in [6.07, 6.45) is 2.55. The minimum absolute atomic E-state index is 0.00637. The van der Waals surface area contributed by atoms with Gasteiger partial charge in [-0.1, -0.05) is 41.9 Å². The first-order chi connectivity index (χ1) is 12.2. The number of carbonyl (C=O) groups is 1. The largest absolute Gasteiger partial charge is 0.487 e. The molecule has 5 nitrogen and oxygen atoms in total. The molecule has 6 heteroatoms. The van der Waals surface area contributed by atoms with Gasteiger partial charge in [0, 0.05) is 17.7 Å². The van der Waals surface area contributed by atoms with E-state index in [2.05, 4.69) is 5.10 Å². The van der Waals surface area contributed by atoms with Crippen molar-refractivity contribution in [2.75, 3.05) is 13.1 Å². The Bertz CT molecular complexity index is 773. The first kappa shape index (κ1) is 16.0. The Morgan fingerprint density at radius 1 is 1.08 bits per heavy atom. The molecule has 0 spiro atoms. The van der Waals surface area contributed by atoms with Crippen LogP contribution in [-0.4, -0.2) is 41.3 Å². The van der Waals surface area contributed by atoms with Gasteiger partial charge in [-0.15, -0.1) is 0 Å². The van der Waals surface area contributed by atoms with Crippen molar-refractivity contribution in [3.63, 3.8) is 0 Å². The van der Waals surface area contributed by atoms with Crippen LogP contribution in [0.15, 0.2) is 59.7 Å². The van der Waals surface area contributed by atoms with Crippen molar-refractivity contribution in [3.8, 4) is 5.75 Å². The lowest BCUT2D eigenvalue weighted by Gasteiger charge is -2.41. The fourth-order valence-corrected chi connectivity index (χ4v) is 3.20. The van der Waals surface area contributed by atoms with Crippen LogP contribution in [0.3, 0.4) is 0 Å². The number of hydrogen-bond acceptors (Lipinski definition) is 3. The van der Waals surface area contributed by atoms with Gasteiger partial charge < -0.3 is 9.64 Å². The van der Waals surface area contributed by atoms with Gasteiger partial charge in [-0.2, -0.15) is 5.10 Å². The molecule has 0 radical (unpaired) electrons. The monoisotopic (exact) mass is 355 g/mol. The Balaban J connectivity index is 1.35. The highest BCUT2D eigenvalue weighted by molar-refractivity contribution is 6.30. The van der Waals surface area contributed by atoms with Crippen molar-refractivity contribution >= 4 is 23.8 Å². The lowest BCUT2D eigenvalue weighted by Crippen LogP contribution is -2.58. The number of benzene rings is 2. The molecule has 1 fully saturated rings. The normalized spacial score (nSPS) is 19.8. The highest BCUT2D eigenvalue weighted by Crippen LogP contribution is 2.30. The molecular formula is C19H18ClN3O2. The van der Waals surface area contributed by atoms with Gasteiger partial charge in [0.2, 0.25) is 0 Å². The maximum Gasteiger partial charge on any atom is 0.341 e. The second kappa shape index (κ2) is 6.76. The molecule has 128 valence electrons. The molecule has 2 amide bonds. The fraction of sp³-hybridized carbons (Fsp3) is 0.263. The minimum Gasteiger partial charge on any atom is -0.487 e. The average Bonchev–Trinajstić information content (AvgIpc) is 3.09. The molecule has 0 N–H and O–H groups in total. The summed E-state index contributed by atoms with van der Waals surface area (Å²) in [4.78, 5) is 14.5. The van der Waals surface area contributed by atoms with Crippen LogP contribution in [0.1, 0.15) is 18.0 Å². The van der Waals surface area contributed by atoms with Crippen LogP contribution < -0.4 is 4.74 Å². The number of hydrogen-bond donors (Lipinski definition) is 0. The SMILES string of the molecule is O=C(N1CC(Oc2ccc(Cl)cc2)C1)N1N=CCC1c1ccccc1. The zero-order chi connectivity index (χ0) is 17.2. The Hall–Kier alpha value is -2.53. The molecule has 0 aromatic heterocycles. The van der Waals surface area contributed by atoms with Crippen molar-refractivity contribution in [1.82, 2.24) is 9.91 Å². The number of carbonyl (C=O) groups excluding carboxylic acids is 1. The van der Waals surface area contributed by atoms with Gasteiger partial charge in [0.05, 0.1) is 19.1 Å². The fourth-order valence-electron chi connectivity index (χ4n) is 3.07. The van der Waals surface area contributed by atoms with Crippen molar-refractivity contribution in [3.05, 3.63) is 65.2 Å². The quantitative estimate of drug-likeness (QED) is 0.836. The maximum atomic E-state index is 12.7. The lowest BCUT2D eigenvalue weighted by atomic mass is 10.0. The molecule has 2 aromatic rings. The summed E-state index contributed by atoms with van der Waals surface area (Å²) in [6, 6.07) is 17.2. The molecule has 4 rings (SSSR count). The van der Waals surface area contributed by atoms with Gasteiger partial charge in [0.25, 0.3) is 0 Å². The van der Waals surface area contributed by atoms with Gasteiger partial charge >= 0.3 is 6.03 Å². The molecule has 0 bridgehead atoms. The van der Waals surface area contributed by atoms with E-state index in [1.165, 1.54) is 0 Å². The van der Waals surface area contributed by atoms with Crippen molar-refractivity contribution in [2.24, 2.45) is 5.10 Å². The number of halogens is 1. The van der Waals surface area contributed by atoms with E-state index in [1.54, 1.807) is 28.3 Å². The van der Waals surface area contributed by atoms with E-state index in [-0.39, 0.29) is 18.2 Å². The molecule has 1 unspecified atom stereocenters. The van der Waals surface area contributed by atoms with Crippen LogP contribution in [0.5, 0.6) is 5.75 Å². The van der Waals surface area contributed by atoms with Gasteiger partial charge in [-0.3, -0.25) is 0 Å². The summed E-state index contributed by atoms with van der Waals surface area (Å²) < 4.78 is 5.85. The highest BCUT2D eigenvalue weighted by atomic mass is 35.5. The summed E-state index contributed by atoms with van der Waals surface area (Å²) in [5.74, 6) is 0.767. The third kappa shape index (κ3) is 3.33. The van der Waals surface area contributed by atoms with Crippen molar-refractivity contribution in [2.45, 2.75) is 18.6 Å². The zero-order valence-electron chi connectivity index (χ0n) is 13.6. The summed E-state index contributed by atoms with van der Waals surface area (Å²) in [7, 11) is 0. The highest BCUT2D eigenvalue weighted by Gasteiger charge is 2.38. The number of urea groups is 1. The average molecular weight is 356 g/mol. The third-order valence-corrected chi connectivity index (χ3v) is 4.70. The Kier molecular flexibility index (Phi) is 4.32. The van der Waals surface area contributed by atoms with Crippen LogP contribution in [0, 0.1) is 0 Å². The molecule has 25 heavy (non-hydrogen) atoms. The Morgan fingerprint density at radius 3 is 2.52 bits per heavy atom. The van der Waals surface area contributed by atoms with E-state index in [0.29, 0.717) is 18.1 Å². The number of ether oxygens (including phenoxy) is 1. The van der Waals surface area contributed by atoms with Crippen LogP contribution in [0.4, 0.5) is 4.79 Å². The van der Waals surface area contributed by atoms with Crippen molar-refractivity contribution < 1.29 is 9.53 Å². The van der Waals surface area contributed by atoms with Crippen LogP contribution in [0.2, 0.25) is 5.02 Å². The zero-order valence-corrected chi connectivity index (χ0v) is 14.3. The Morgan fingerprint density at radius 2 is 1.80 bits per heavy atom. The van der Waals surface area contributed by atoms with Gasteiger partial charge in [0.15, 0.2) is 0 Å². The van der Waals surface area contributed by atoms with Crippen LogP contribution in [-0.2, 0) is 0 Å². The molecule has 2 aliphatic heterocycles. The van der Waals surface area contributed by atoms with E-state index in [1.807, 2.05) is 42.5 Å². The minimum atomic E-state index is -0.0708. The molecular weight excluding hydrogens is 338 g/mol.